The second-order valence-electron chi connectivity index (χ2n) is 5.06. The van der Waals surface area contributed by atoms with E-state index in [0.29, 0.717) is 13.1 Å². The van der Waals surface area contributed by atoms with Gasteiger partial charge in [-0.1, -0.05) is 0 Å². The summed E-state index contributed by atoms with van der Waals surface area (Å²) in [6.07, 6.45) is -1.93. The van der Waals surface area contributed by atoms with Crippen molar-refractivity contribution in [2.45, 2.75) is 19.0 Å². The largest absolute Gasteiger partial charge is 0.401 e. The Morgan fingerprint density at radius 2 is 1.67 bits per heavy atom. The highest BCUT2D eigenvalue weighted by atomic mass is 19.4. The normalized spacial score (nSPS) is 28.0. The third-order valence-electron chi connectivity index (χ3n) is 3.57. The molecule has 2 heterocycles. The van der Waals surface area contributed by atoms with E-state index in [1.165, 1.54) is 4.90 Å². The van der Waals surface area contributed by atoms with Crippen LogP contribution in [0.15, 0.2) is 0 Å². The zero-order valence-corrected chi connectivity index (χ0v) is 8.98. The Hall–Kier alpha value is -0.290. The highest BCUT2D eigenvalue weighted by molar-refractivity contribution is 4.98. The van der Waals surface area contributed by atoms with Gasteiger partial charge in [0.25, 0.3) is 0 Å². The molecule has 0 aromatic rings. The Labute approximate surface area is 88.0 Å². The van der Waals surface area contributed by atoms with Crippen molar-refractivity contribution < 1.29 is 13.2 Å². The summed E-state index contributed by atoms with van der Waals surface area (Å²) in [6, 6.07) is 0. The highest BCUT2D eigenvalue weighted by Gasteiger charge is 2.47. The molecule has 0 unspecified atom stereocenters. The molecule has 0 aromatic heterocycles. The van der Waals surface area contributed by atoms with Crippen molar-refractivity contribution in [2.75, 3.05) is 39.8 Å². The predicted molar refractivity (Wildman–Crippen MR) is 51.7 cm³/mol. The number of rotatable bonds is 1. The van der Waals surface area contributed by atoms with E-state index in [9.17, 15) is 13.2 Å². The number of hydrogen-bond donors (Lipinski definition) is 0. The molecule has 2 nitrogen and oxygen atoms in total. The van der Waals surface area contributed by atoms with Gasteiger partial charge in [0.15, 0.2) is 0 Å². The summed E-state index contributed by atoms with van der Waals surface area (Å²) in [5, 5.41) is 0. The molecular weight excluding hydrogens is 205 g/mol. The van der Waals surface area contributed by atoms with Crippen LogP contribution in [0, 0.1) is 5.41 Å². The summed E-state index contributed by atoms with van der Waals surface area (Å²) < 4.78 is 36.3. The molecule has 2 fully saturated rings. The minimum absolute atomic E-state index is 0.206. The fourth-order valence-corrected chi connectivity index (χ4v) is 2.68. The van der Waals surface area contributed by atoms with E-state index in [0.717, 1.165) is 25.9 Å². The van der Waals surface area contributed by atoms with Gasteiger partial charge < -0.3 is 4.90 Å². The molecule has 5 heteroatoms. The lowest BCUT2D eigenvalue weighted by Crippen LogP contribution is -2.61. The third kappa shape index (κ3) is 2.64. The Morgan fingerprint density at radius 3 is 2.13 bits per heavy atom. The van der Waals surface area contributed by atoms with Crippen LogP contribution in [0.2, 0.25) is 0 Å². The molecule has 0 radical (unpaired) electrons. The van der Waals surface area contributed by atoms with Gasteiger partial charge in [0, 0.05) is 13.1 Å². The van der Waals surface area contributed by atoms with Crippen LogP contribution < -0.4 is 0 Å². The molecule has 0 saturated carbocycles. The lowest BCUT2D eigenvalue weighted by Gasteiger charge is -2.53. The van der Waals surface area contributed by atoms with Gasteiger partial charge in [-0.3, -0.25) is 4.90 Å². The highest BCUT2D eigenvalue weighted by Crippen LogP contribution is 2.41. The van der Waals surface area contributed by atoms with Crippen LogP contribution >= 0.6 is 0 Å². The van der Waals surface area contributed by atoms with E-state index in [2.05, 4.69) is 11.9 Å². The summed E-state index contributed by atoms with van der Waals surface area (Å²) in [7, 11) is 2.07. The number of hydrogen-bond acceptors (Lipinski definition) is 2. The Bertz CT molecular complexity index is 223. The molecule has 0 aromatic carbocycles. The lowest BCUT2D eigenvalue weighted by atomic mass is 9.72. The molecule has 15 heavy (non-hydrogen) atoms. The first-order chi connectivity index (χ1) is 6.89. The van der Waals surface area contributed by atoms with Crippen molar-refractivity contribution >= 4 is 0 Å². The zero-order valence-electron chi connectivity index (χ0n) is 8.98. The second kappa shape index (κ2) is 3.63. The maximum Gasteiger partial charge on any atom is 0.401 e. The summed E-state index contributed by atoms with van der Waals surface area (Å²) in [5.74, 6) is 0. The first kappa shape index (κ1) is 11.2. The monoisotopic (exact) mass is 222 g/mol. The molecule has 1 spiro atoms. The maximum absolute atomic E-state index is 12.1. The number of halogens is 3. The molecule has 0 bridgehead atoms. The maximum atomic E-state index is 12.1. The second-order valence-corrected chi connectivity index (χ2v) is 5.06. The quantitative estimate of drug-likeness (QED) is 0.664. The van der Waals surface area contributed by atoms with Crippen LogP contribution in [0.25, 0.3) is 0 Å². The number of likely N-dealkylation sites (tertiary alicyclic amines) is 2. The smallest absolute Gasteiger partial charge is 0.306 e. The van der Waals surface area contributed by atoms with Crippen molar-refractivity contribution in [3.05, 3.63) is 0 Å². The summed E-state index contributed by atoms with van der Waals surface area (Å²) in [5.41, 5.74) is 0.206. The van der Waals surface area contributed by atoms with E-state index in [-0.39, 0.29) is 5.41 Å². The SMILES string of the molecule is CN1CCC2(CC1)CN(CC(F)(F)F)C2. The Kier molecular flexibility index (Phi) is 2.71. The Morgan fingerprint density at radius 1 is 1.13 bits per heavy atom. The van der Waals surface area contributed by atoms with E-state index >= 15 is 0 Å². The standard InChI is InChI=1S/C10H17F3N2/c1-14-4-2-9(3-5-14)6-15(7-9)8-10(11,12)13/h2-8H2,1H3. The van der Waals surface area contributed by atoms with Gasteiger partial charge in [0.2, 0.25) is 0 Å². The molecule has 0 N–H and O–H groups in total. The van der Waals surface area contributed by atoms with Gasteiger partial charge >= 0.3 is 6.18 Å². The minimum atomic E-state index is -4.03. The van der Waals surface area contributed by atoms with Crippen molar-refractivity contribution in [2.24, 2.45) is 5.41 Å². The van der Waals surface area contributed by atoms with Crippen LogP contribution in [0.1, 0.15) is 12.8 Å². The van der Waals surface area contributed by atoms with Crippen molar-refractivity contribution in [3.63, 3.8) is 0 Å². The third-order valence-corrected chi connectivity index (χ3v) is 3.57. The molecular formula is C10H17F3N2. The zero-order chi connectivity index (χ0) is 11.1. The number of nitrogens with zero attached hydrogens (tertiary/aromatic N) is 2. The van der Waals surface area contributed by atoms with Crippen LogP contribution in [0.5, 0.6) is 0 Å². The van der Waals surface area contributed by atoms with Gasteiger partial charge in [-0.15, -0.1) is 0 Å². The van der Waals surface area contributed by atoms with E-state index in [4.69, 9.17) is 0 Å². The predicted octanol–water partition coefficient (Wildman–Crippen LogP) is 1.58. The Balaban J connectivity index is 1.77. The molecule has 0 amide bonds. The molecule has 88 valence electrons. The molecule has 2 rings (SSSR count). The average Bonchev–Trinajstić information content (AvgIpc) is 2.04. The van der Waals surface area contributed by atoms with Gasteiger partial charge in [0.05, 0.1) is 6.54 Å². The average molecular weight is 222 g/mol. The number of alkyl halides is 3. The first-order valence-electron chi connectivity index (χ1n) is 5.36. The molecule has 2 aliphatic rings. The molecule has 0 atom stereocenters. The van der Waals surface area contributed by atoms with Gasteiger partial charge in [-0.05, 0) is 38.4 Å². The molecule has 0 aliphatic carbocycles. The van der Waals surface area contributed by atoms with Crippen LogP contribution in [0.3, 0.4) is 0 Å². The summed E-state index contributed by atoms with van der Waals surface area (Å²) in [4.78, 5) is 3.77. The minimum Gasteiger partial charge on any atom is -0.306 e. The summed E-state index contributed by atoms with van der Waals surface area (Å²) >= 11 is 0. The van der Waals surface area contributed by atoms with Gasteiger partial charge in [-0.2, -0.15) is 13.2 Å². The fraction of sp³-hybridized carbons (Fsp3) is 1.00. The van der Waals surface area contributed by atoms with E-state index in [1.807, 2.05) is 0 Å². The lowest BCUT2D eigenvalue weighted by molar-refractivity contribution is -0.174. The van der Waals surface area contributed by atoms with Crippen molar-refractivity contribution in [1.82, 2.24) is 9.80 Å². The van der Waals surface area contributed by atoms with Gasteiger partial charge in [-0.25, -0.2) is 0 Å². The molecule has 2 aliphatic heterocycles. The van der Waals surface area contributed by atoms with E-state index in [1.54, 1.807) is 0 Å². The molecule has 2 saturated heterocycles. The fourth-order valence-electron chi connectivity index (χ4n) is 2.68. The van der Waals surface area contributed by atoms with Crippen LogP contribution in [-0.4, -0.2) is 55.7 Å². The first-order valence-corrected chi connectivity index (χ1v) is 5.36. The van der Waals surface area contributed by atoms with Gasteiger partial charge in [0.1, 0.15) is 0 Å². The van der Waals surface area contributed by atoms with Crippen LogP contribution in [-0.2, 0) is 0 Å². The summed E-state index contributed by atoms with van der Waals surface area (Å²) in [6.45, 7) is 2.60. The van der Waals surface area contributed by atoms with Crippen LogP contribution in [0.4, 0.5) is 13.2 Å². The topological polar surface area (TPSA) is 6.48 Å². The van der Waals surface area contributed by atoms with E-state index < -0.39 is 12.7 Å². The van der Waals surface area contributed by atoms with Crippen molar-refractivity contribution in [1.29, 1.82) is 0 Å². The van der Waals surface area contributed by atoms with Crippen molar-refractivity contribution in [3.8, 4) is 0 Å². The number of piperidine rings is 1.